The second-order valence-corrected chi connectivity index (χ2v) is 6.95. The first-order chi connectivity index (χ1) is 11.5. The average Bonchev–Trinajstić information content (AvgIpc) is 3.11. The fourth-order valence-electron chi connectivity index (χ4n) is 4.30. The van der Waals surface area contributed by atoms with Crippen LogP contribution in [0.5, 0.6) is 0 Å². The normalized spacial score (nSPS) is 30.8. The molecule has 0 aromatic carbocycles. The first-order valence-electron chi connectivity index (χ1n) is 8.40. The zero-order valence-corrected chi connectivity index (χ0v) is 14.0. The third-order valence-corrected chi connectivity index (χ3v) is 5.68. The second kappa shape index (κ2) is 5.65. The van der Waals surface area contributed by atoms with Gasteiger partial charge in [-0.05, 0) is 25.7 Å². The monoisotopic (exact) mass is 333 g/mol. The highest BCUT2D eigenvalue weighted by atomic mass is 16.5. The van der Waals surface area contributed by atoms with Gasteiger partial charge in [-0.25, -0.2) is 4.98 Å². The molecule has 4 rings (SSSR count). The molecule has 1 aliphatic carbocycles. The molecule has 2 N–H and O–H groups in total. The number of rotatable bonds is 3. The summed E-state index contributed by atoms with van der Waals surface area (Å²) in [5.41, 5.74) is 0.245. The molecule has 1 aliphatic heterocycles. The van der Waals surface area contributed by atoms with Crippen LogP contribution in [0.2, 0.25) is 0 Å². The number of nitrogens with one attached hydrogen (secondary N) is 1. The number of nitrogens with zero attached hydrogens (tertiary/aromatic N) is 4. The van der Waals surface area contributed by atoms with Crippen LogP contribution in [-0.2, 0) is 18.3 Å². The number of H-pyrrole nitrogens is 1. The number of aryl methyl sites for hydroxylation is 1. The van der Waals surface area contributed by atoms with Crippen molar-refractivity contribution in [2.24, 2.45) is 7.05 Å². The third kappa shape index (κ3) is 2.37. The summed E-state index contributed by atoms with van der Waals surface area (Å²) in [4.78, 5) is 21.9. The van der Waals surface area contributed by atoms with Crippen molar-refractivity contribution in [3.05, 3.63) is 22.4 Å². The summed E-state index contributed by atoms with van der Waals surface area (Å²) in [6.45, 7) is 1.41. The molecule has 1 saturated heterocycles. The molecule has 8 heteroatoms. The van der Waals surface area contributed by atoms with Gasteiger partial charge in [0.05, 0.1) is 24.4 Å². The second-order valence-electron chi connectivity index (χ2n) is 6.95. The van der Waals surface area contributed by atoms with Crippen LogP contribution in [0.15, 0.2) is 11.0 Å². The molecule has 3 atom stereocenters. The highest BCUT2D eigenvalue weighted by Gasteiger charge is 2.50. The maximum absolute atomic E-state index is 12.2. The van der Waals surface area contributed by atoms with Crippen LogP contribution in [0, 0.1) is 0 Å². The Hall–Kier alpha value is -1.77. The molecule has 2 aromatic rings. The minimum atomic E-state index is -0.287. The summed E-state index contributed by atoms with van der Waals surface area (Å²) >= 11 is 0. The molecule has 0 amide bonds. The van der Waals surface area contributed by atoms with Crippen LogP contribution >= 0.6 is 0 Å². The number of aliphatic hydroxyl groups is 1. The quantitative estimate of drug-likeness (QED) is 0.831. The standard InChI is InChI=1S/C16H23N5O3/c1-20-14-11(8-17-20)15(23)19-13(18-14)9-21-6-5-16(24-2)4-3-10(22)7-12(16)21/h8,10,12,22H,3-7,9H2,1-2H3,(H,18,19,23)/t10-,12-,16+/m0/s1. The summed E-state index contributed by atoms with van der Waals surface area (Å²) < 4.78 is 7.47. The van der Waals surface area contributed by atoms with Crippen molar-refractivity contribution in [2.75, 3.05) is 13.7 Å². The van der Waals surface area contributed by atoms with Gasteiger partial charge in [-0.2, -0.15) is 5.10 Å². The molecular weight excluding hydrogens is 310 g/mol. The Morgan fingerprint density at radius 1 is 1.50 bits per heavy atom. The molecule has 24 heavy (non-hydrogen) atoms. The van der Waals surface area contributed by atoms with Crippen LogP contribution < -0.4 is 5.56 Å². The fourth-order valence-corrected chi connectivity index (χ4v) is 4.30. The number of aromatic nitrogens is 4. The van der Waals surface area contributed by atoms with Crippen molar-refractivity contribution in [3.8, 4) is 0 Å². The maximum Gasteiger partial charge on any atom is 0.262 e. The van der Waals surface area contributed by atoms with Crippen molar-refractivity contribution in [2.45, 2.75) is 50.0 Å². The maximum atomic E-state index is 12.2. The lowest BCUT2D eigenvalue weighted by Gasteiger charge is -2.42. The topological polar surface area (TPSA) is 96.3 Å². The molecule has 8 nitrogen and oxygen atoms in total. The molecule has 3 heterocycles. The molecule has 2 aromatic heterocycles. The zero-order valence-electron chi connectivity index (χ0n) is 14.0. The Kier molecular flexibility index (Phi) is 3.70. The SMILES string of the molecule is CO[C@@]12CC[C@H](O)C[C@@H]1N(Cc1nc3c(cnn3C)c(=O)[nH]1)CC2. The predicted octanol–water partition coefficient (Wildman–Crippen LogP) is 0.161. The van der Waals surface area contributed by atoms with Gasteiger partial charge in [0.2, 0.25) is 0 Å². The third-order valence-electron chi connectivity index (χ3n) is 5.68. The van der Waals surface area contributed by atoms with Gasteiger partial charge in [-0.1, -0.05) is 0 Å². The first kappa shape index (κ1) is 15.7. The van der Waals surface area contributed by atoms with Gasteiger partial charge in [0.25, 0.3) is 5.56 Å². The molecule has 0 unspecified atom stereocenters. The first-order valence-corrected chi connectivity index (χ1v) is 8.40. The summed E-state index contributed by atoms with van der Waals surface area (Å²) in [5, 5.41) is 14.7. The minimum Gasteiger partial charge on any atom is -0.393 e. The number of aliphatic hydroxyl groups excluding tert-OH is 1. The lowest BCUT2D eigenvalue weighted by atomic mass is 9.79. The van der Waals surface area contributed by atoms with Crippen LogP contribution in [-0.4, -0.2) is 61.2 Å². The van der Waals surface area contributed by atoms with Crippen LogP contribution in [0.1, 0.15) is 31.5 Å². The Labute approximate surface area is 139 Å². The van der Waals surface area contributed by atoms with Crippen LogP contribution in [0.4, 0.5) is 0 Å². The molecule has 2 aliphatic rings. The number of hydrogen-bond acceptors (Lipinski definition) is 6. The van der Waals surface area contributed by atoms with E-state index in [-0.39, 0.29) is 23.3 Å². The number of fused-ring (bicyclic) bond motifs is 2. The Balaban J connectivity index is 1.63. The van der Waals surface area contributed by atoms with Crippen molar-refractivity contribution >= 4 is 11.0 Å². The number of hydrogen-bond donors (Lipinski definition) is 2. The van der Waals surface area contributed by atoms with E-state index in [0.717, 1.165) is 25.8 Å². The number of aromatic amines is 1. The van der Waals surface area contributed by atoms with Gasteiger partial charge in [0.15, 0.2) is 5.65 Å². The van der Waals surface area contributed by atoms with E-state index in [1.807, 2.05) is 0 Å². The smallest absolute Gasteiger partial charge is 0.262 e. The fraction of sp³-hybridized carbons (Fsp3) is 0.688. The van der Waals surface area contributed by atoms with Gasteiger partial charge in [0.1, 0.15) is 11.2 Å². The van der Waals surface area contributed by atoms with Crippen LogP contribution in [0.25, 0.3) is 11.0 Å². The minimum absolute atomic E-state index is 0.152. The van der Waals surface area contributed by atoms with Gasteiger partial charge >= 0.3 is 0 Å². The van der Waals surface area contributed by atoms with E-state index in [4.69, 9.17) is 4.74 Å². The molecule has 0 spiro atoms. The summed E-state index contributed by atoms with van der Waals surface area (Å²) in [6.07, 6.45) is 4.55. The van der Waals surface area contributed by atoms with Crippen molar-refractivity contribution in [3.63, 3.8) is 0 Å². The number of methoxy groups -OCH3 is 1. The molecule has 2 fully saturated rings. The molecule has 130 valence electrons. The van der Waals surface area contributed by atoms with E-state index >= 15 is 0 Å². The Bertz CT molecular complexity index is 816. The molecule has 0 radical (unpaired) electrons. The van der Waals surface area contributed by atoms with Crippen LogP contribution in [0.3, 0.4) is 0 Å². The van der Waals surface area contributed by atoms with E-state index in [1.54, 1.807) is 18.8 Å². The lowest BCUT2D eigenvalue weighted by Crippen LogP contribution is -2.51. The average molecular weight is 333 g/mol. The Morgan fingerprint density at radius 3 is 3.12 bits per heavy atom. The van der Waals surface area contributed by atoms with E-state index in [9.17, 15) is 9.90 Å². The largest absolute Gasteiger partial charge is 0.393 e. The highest BCUT2D eigenvalue weighted by molar-refractivity contribution is 5.72. The summed E-state index contributed by atoms with van der Waals surface area (Å²) in [6, 6.07) is 0.152. The molecule has 0 bridgehead atoms. The van der Waals surface area contributed by atoms with Crippen molar-refractivity contribution in [1.29, 1.82) is 0 Å². The summed E-state index contributed by atoms with van der Waals surface area (Å²) in [5.74, 6) is 0.628. The van der Waals surface area contributed by atoms with Gasteiger partial charge in [0, 0.05) is 26.7 Å². The molecule has 1 saturated carbocycles. The lowest BCUT2D eigenvalue weighted by molar-refractivity contribution is -0.0881. The van der Waals surface area contributed by atoms with Gasteiger partial charge < -0.3 is 14.8 Å². The predicted molar refractivity (Wildman–Crippen MR) is 87.5 cm³/mol. The van der Waals surface area contributed by atoms with E-state index in [2.05, 4.69) is 20.0 Å². The van der Waals surface area contributed by atoms with E-state index < -0.39 is 0 Å². The van der Waals surface area contributed by atoms with Crippen molar-refractivity contribution < 1.29 is 9.84 Å². The van der Waals surface area contributed by atoms with Gasteiger partial charge in [-0.15, -0.1) is 0 Å². The van der Waals surface area contributed by atoms with Crippen molar-refractivity contribution in [1.82, 2.24) is 24.6 Å². The van der Waals surface area contributed by atoms with E-state index in [0.29, 0.717) is 29.8 Å². The summed E-state index contributed by atoms with van der Waals surface area (Å²) in [7, 11) is 3.54. The highest BCUT2D eigenvalue weighted by Crippen LogP contribution is 2.42. The number of likely N-dealkylation sites (tertiary alicyclic amines) is 1. The number of ether oxygens (including phenoxy) is 1. The Morgan fingerprint density at radius 2 is 2.33 bits per heavy atom. The zero-order chi connectivity index (χ0) is 16.9. The molecular formula is C16H23N5O3. The van der Waals surface area contributed by atoms with Gasteiger partial charge in [-0.3, -0.25) is 14.4 Å². The van der Waals surface area contributed by atoms with E-state index in [1.165, 1.54) is 6.20 Å².